The highest BCUT2D eigenvalue weighted by atomic mass is 16.5. The lowest BCUT2D eigenvalue weighted by Crippen LogP contribution is -2.13. The third-order valence-electron chi connectivity index (χ3n) is 5.68. The average molecular weight is 415 g/mol. The highest BCUT2D eigenvalue weighted by Gasteiger charge is 2.26. The van der Waals surface area contributed by atoms with Crippen molar-refractivity contribution < 1.29 is 9.53 Å². The number of pyridine rings is 2. The van der Waals surface area contributed by atoms with E-state index >= 15 is 0 Å². The molecule has 1 aliphatic heterocycles. The summed E-state index contributed by atoms with van der Waals surface area (Å²) in [6, 6.07) is 11.9. The van der Waals surface area contributed by atoms with E-state index in [1.165, 1.54) is 0 Å². The number of aromatic nitrogens is 2. The molecule has 5 rings (SSSR count). The zero-order valence-electron chi connectivity index (χ0n) is 17.7. The average Bonchev–Trinajstić information content (AvgIpc) is 3.51. The molecule has 158 valence electrons. The van der Waals surface area contributed by atoms with Crippen LogP contribution >= 0.6 is 0 Å². The minimum atomic E-state index is -0.0366. The number of carbonyl (C=O) groups excluding carboxylic acids is 1. The van der Waals surface area contributed by atoms with Crippen molar-refractivity contribution >= 4 is 17.4 Å². The first-order valence-electron chi connectivity index (χ1n) is 10.6. The number of fused-ring (bicyclic) bond motifs is 1. The minimum Gasteiger partial charge on any atom is -0.474 e. The lowest BCUT2D eigenvalue weighted by molar-refractivity contribution is 0.0966. The van der Waals surface area contributed by atoms with Gasteiger partial charge in [0.1, 0.15) is 11.9 Å². The van der Waals surface area contributed by atoms with Gasteiger partial charge in [0.2, 0.25) is 5.88 Å². The van der Waals surface area contributed by atoms with Gasteiger partial charge in [0.05, 0.1) is 17.8 Å². The maximum absolute atomic E-state index is 12.3. The molecule has 2 aliphatic rings. The van der Waals surface area contributed by atoms with Gasteiger partial charge >= 0.3 is 0 Å². The first kappa shape index (κ1) is 19.4. The van der Waals surface area contributed by atoms with E-state index < -0.39 is 0 Å². The van der Waals surface area contributed by atoms with Crippen LogP contribution in [-0.4, -0.2) is 29.0 Å². The number of rotatable bonds is 7. The van der Waals surface area contributed by atoms with E-state index in [-0.39, 0.29) is 5.91 Å². The van der Waals surface area contributed by atoms with Gasteiger partial charge in [0.15, 0.2) is 0 Å². The maximum atomic E-state index is 12.3. The van der Waals surface area contributed by atoms with Crippen LogP contribution in [0.15, 0.2) is 42.6 Å². The minimum absolute atomic E-state index is 0.0366. The second kappa shape index (κ2) is 7.91. The van der Waals surface area contributed by atoms with Crippen molar-refractivity contribution in [3.8, 4) is 17.0 Å². The number of benzene rings is 1. The Kier molecular flexibility index (Phi) is 4.94. The summed E-state index contributed by atoms with van der Waals surface area (Å²) < 4.78 is 5.77. The van der Waals surface area contributed by atoms with Crippen LogP contribution in [0.5, 0.6) is 5.88 Å². The third kappa shape index (κ3) is 3.91. The van der Waals surface area contributed by atoms with Crippen LogP contribution in [0.4, 0.5) is 11.5 Å². The number of nitrogens with zero attached hydrogens (tertiary/aromatic N) is 2. The van der Waals surface area contributed by atoms with E-state index in [0.717, 1.165) is 57.9 Å². The molecular weight excluding hydrogens is 390 g/mol. The molecule has 3 N–H and O–H groups in total. The van der Waals surface area contributed by atoms with Gasteiger partial charge < -0.3 is 20.7 Å². The van der Waals surface area contributed by atoms with Crippen molar-refractivity contribution in [1.82, 2.24) is 15.3 Å². The van der Waals surface area contributed by atoms with Gasteiger partial charge in [0, 0.05) is 37.1 Å². The second-order valence-electron chi connectivity index (χ2n) is 7.97. The molecule has 1 fully saturated rings. The first-order valence-corrected chi connectivity index (χ1v) is 10.6. The molecule has 0 bridgehead atoms. The Hall–Kier alpha value is -3.61. The molecule has 1 aliphatic carbocycles. The van der Waals surface area contributed by atoms with E-state index in [2.05, 4.69) is 38.9 Å². The normalized spacial score (nSPS) is 14.7. The molecule has 1 amide bonds. The van der Waals surface area contributed by atoms with Crippen molar-refractivity contribution in [2.75, 3.05) is 17.7 Å². The second-order valence-corrected chi connectivity index (χ2v) is 7.97. The summed E-state index contributed by atoms with van der Waals surface area (Å²) in [5, 5.41) is 9.39. The standard InChI is InChI=1S/C24H25N5O2/c1-14-10-21(26-11-15-4-3-5-22(29-15)31-16-6-7-16)27-12-18(14)17-8-9-20(25-2)23-19(17)13-28-24(23)30/h3-5,8-10,12,16,25H,6-7,11,13H2,1-2H3,(H,26,27)(H,28,30). The summed E-state index contributed by atoms with van der Waals surface area (Å²) in [7, 11) is 1.83. The van der Waals surface area contributed by atoms with Crippen molar-refractivity contribution in [1.29, 1.82) is 0 Å². The van der Waals surface area contributed by atoms with Crippen molar-refractivity contribution in [2.24, 2.45) is 0 Å². The Morgan fingerprint density at radius 1 is 1.19 bits per heavy atom. The van der Waals surface area contributed by atoms with Gasteiger partial charge in [-0.05, 0) is 54.7 Å². The van der Waals surface area contributed by atoms with Crippen LogP contribution in [0.25, 0.3) is 11.1 Å². The summed E-state index contributed by atoms with van der Waals surface area (Å²) in [6.07, 6.45) is 4.44. The largest absolute Gasteiger partial charge is 0.474 e. The molecule has 1 aromatic carbocycles. The highest BCUT2D eigenvalue weighted by Crippen LogP contribution is 2.35. The fourth-order valence-corrected chi connectivity index (χ4v) is 3.90. The van der Waals surface area contributed by atoms with Gasteiger partial charge in [-0.15, -0.1) is 0 Å². The number of hydrogen-bond donors (Lipinski definition) is 3. The van der Waals surface area contributed by atoms with Crippen LogP contribution in [0.2, 0.25) is 0 Å². The number of nitrogens with one attached hydrogen (secondary N) is 3. The summed E-state index contributed by atoms with van der Waals surface area (Å²) >= 11 is 0. The predicted molar refractivity (Wildman–Crippen MR) is 120 cm³/mol. The quantitative estimate of drug-likeness (QED) is 0.543. The van der Waals surface area contributed by atoms with Crippen molar-refractivity contribution in [2.45, 2.75) is 39.0 Å². The molecule has 0 unspecified atom stereocenters. The molecule has 0 radical (unpaired) electrons. The van der Waals surface area contributed by atoms with Gasteiger partial charge in [-0.3, -0.25) is 4.79 Å². The molecule has 7 nitrogen and oxygen atoms in total. The number of anilines is 2. The predicted octanol–water partition coefficient (Wildman–Crippen LogP) is 3.89. The number of hydrogen-bond acceptors (Lipinski definition) is 6. The van der Waals surface area contributed by atoms with Gasteiger partial charge in [0.25, 0.3) is 5.91 Å². The van der Waals surface area contributed by atoms with Crippen LogP contribution in [0.3, 0.4) is 0 Å². The maximum Gasteiger partial charge on any atom is 0.254 e. The summed E-state index contributed by atoms with van der Waals surface area (Å²) in [5.74, 6) is 1.43. The van der Waals surface area contributed by atoms with Crippen LogP contribution < -0.4 is 20.7 Å². The number of amides is 1. The fraction of sp³-hybridized carbons (Fsp3) is 0.292. The fourth-order valence-electron chi connectivity index (χ4n) is 3.90. The Balaban J connectivity index is 1.35. The SMILES string of the molecule is CNc1ccc(-c2cnc(NCc3cccc(OC4CC4)n3)cc2C)c2c1C(=O)NC2. The van der Waals surface area contributed by atoms with Gasteiger partial charge in [-0.25, -0.2) is 9.97 Å². The monoisotopic (exact) mass is 415 g/mol. The van der Waals surface area contributed by atoms with Crippen molar-refractivity contribution in [3.63, 3.8) is 0 Å². The number of aryl methyl sites for hydroxylation is 1. The zero-order chi connectivity index (χ0) is 21.4. The molecule has 0 atom stereocenters. The number of carbonyl (C=O) groups is 1. The van der Waals surface area contributed by atoms with Gasteiger partial charge in [-0.2, -0.15) is 0 Å². The smallest absolute Gasteiger partial charge is 0.254 e. The summed E-state index contributed by atoms with van der Waals surface area (Å²) in [4.78, 5) is 21.5. The summed E-state index contributed by atoms with van der Waals surface area (Å²) in [6.45, 7) is 3.16. The van der Waals surface area contributed by atoms with Crippen molar-refractivity contribution in [3.05, 3.63) is 65.0 Å². The third-order valence-corrected chi connectivity index (χ3v) is 5.68. The Morgan fingerprint density at radius 3 is 2.84 bits per heavy atom. The molecule has 7 heteroatoms. The highest BCUT2D eigenvalue weighted by molar-refractivity contribution is 6.05. The van der Waals surface area contributed by atoms with Crippen LogP contribution in [0.1, 0.15) is 40.0 Å². The Morgan fingerprint density at radius 2 is 2.06 bits per heavy atom. The molecular formula is C24H25N5O2. The van der Waals surface area contributed by atoms with E-state index in [0.29, 0.717) is 25.1 Å². The van der Waals surface area contributed by atoms with Gasteiger partial charge in [-0.1, -0.05) is 12.1 Å². The topological polar surface area (TPSA) is 88.2 Å². The van der Waals surface area contributed by atoms with E-state index in [4.69, 9.17) is 4.74 Å². The molecule has 3 aromatic rings. The molecule has 3 heterocycles. The molecule has 2 aromatic heterocycles. The first-order chi connectivity index (χ1) is 15.1. The molecule has 1 saturated carbocycles. The number of ether oxygens (including phenoxy) is 1. The molecule has 0 spiro atoms. The van der Waals surface area contributed by atoms with Crippen LogP contribution in [0, 0.1) is 6.92 Å². The van der Waals surface area contributed by atoms with E-state index in [1.54, 1.807) is 0 Å². The lowest BCUT2D eigenvalue weighted by Gasteiger charge is -2.14. The van der Waals surface area contributed by atoms with E-state index in [9.17, 15) is 4.79 Å². The zero-order valence-corrected chi connectivity index (χ0v) is 17.7. The Bertz CT molecular complexity index is 1160. The lowest BCUT2D eigenvalue weighted by atomic mass is 9.94. The molecule has 0 saturated heterocycles. The Labute approximate surface area is 181 Å². The van der Waals surface area contributed by atoms with E-state index in [1.807, 2.05) is 43.6 Å². The van der Waals surface area contributed by atoms with Crippen LogP contribution in [-0.2, 0) is 13.1 Å². The summed E-state index contributed by atoms with van der Waals surface area (Å²) in [5.41, 5.74) is 6.65. The molecule has 31 heavy (non-hydrogen) atoms.